The van der Waals surface area contributed by atoms with Gasteiger partial charge in [-0.1, -0.05) is 6.42 Å². The highest BCUT2D eigenvalue weighted by molar-refractivity contribution is 5.94. The van der Waals surface area contributed by atoms with E-state index in [2.05, 4.69) is 10.6 Å². The lowest BCUT2D eigenvalue weighted by Gasteiger charge is -2.22. The molecule has 6 heteroatoms. The van der Waals surface area contributed by atoms with Crippen LogP contribution in [-0.2, 0) is 11.0 Å². The van der Waals surface area contributed by atoms with E-state index >= 15 is 0 Å². The van der Waals surface area contributed by atoms with Crippen LogP contribution in [0.5, 0.6) is 0 Å². The number of halogens is 3. The molecule has 1 aromatic rings. The number of anilines is 1. The second-order valence-corrected chi connectivity index (χ2v) is 4.57. The van der Waals surface area contributed by atoms with Crippen molar-refractivity contribution in [2.75, 3.05) is 11.9 Å². The summed E-state index contributed by atoms with van der Waals surface area (Å²) in [7, 11) is 0. The Kier molecular flexibility index (Phi) is 4.09. The van der Waals surface area contributed by atoms with Crippen LogP contribution in [0.15, 0.2) is 24.3 Å². The van der Waals surface area contributed by atoms with Crippen LogP contribution in [-0.4, -0.2) is 18.5 Å². The van der Waals surface area contributed by atoms with Crippen molar-refractivity contribution in [2.45, 2.75) is 31.5 Å². The Labute approximate surface area is 109 Å². The lowest BCUT2D eigenvalue weighted by Crippen LogP contribution is -2.43. The predicted octanol–water partition coefficient (Wildman–Crippen LogP) is 2.79. The molecule has 1 atom stereocenters. The zero-order chi connectivity index (χ0) is 13.9. The van der Waals surface area contributed by atoms with Gasteiger partial charge in [-0.15, -0.1) is 0 Å². The van der Waals surface area contributed by atoms with Gasteiger partial charge < -0.3 is 10.6 Å². The number of nitrogens with one attached hydrogen (secondary N) is 2. The first-order valence-electron chi connectivity index (χ1n) is 6.18. The topological polar surface area (TPSA) is 41.1 Å². The second kappa shape index (κ2) is 5.61. The Morgan fingerprint density at radius 1 is 1.21 bits per heavy atom. The van der Waals surface area contributed by atoms with E-state index in [0.717, 1.165) is 37.9 Å². The molecule has 0 bridgehead atoms. The monoisotopic (exact) mass is 272 g/mol. The fraction of sp³-hybridized carbons (Fsp3) is 0.462. The third-order valence-corrected chi connectivity index (χ3v) is 3.11. The van der Waals surface area contributed by atoms with Gasteiger partial charge >= 0.3 is 6.18 Å². The van der Waals surface area contributed by atoms with Crippen LogP contribution in [0.3, 0.4) is 0 Å². The zero-order valence-electron chi connectivity index (χ0n) is 10.3. The Morgan fingerprint density at radius 3 is 2.42 bits per heavy atom. The summed E-state index contributed by atoms with van der Waals surface area (Å²) in [5.41, 5.74) is -0.341. The minimum atomic E-state index is -4.35. The van der Waals surface area contributed by atoms with Gasteiger partial charge in [-0.05, 0) is 43.7 Å². The molecule has 0 aromatic heterocycles. The third-order valence-electron chi connectivity index (χ3n) is 3.11. The first kappa shape index (κ1) is 13.9. The summed E-state index contributed by atoms with van der Waals surface area (Å²) >= 11 is 0. The molecule has 104 valence electrons. The molecule has 0 radical (unpaired) electrons. The van der Waals surface area contributed by atoms with E-state index in [1.165, 1.54) is 12.1 Å². The van der Waals surface area contributed by atoms with Crippen LogP contribution in [0.25, 0.3) is 0 Å². The number of amides is 1. The average Bonchev–Trinajstić information content (AvgIpc) is 2.39. The van der Waals surface area contributed by atoms with E-state index < -0.39 is 11.7 Å². The molecule has 19 heavy (non-hydrogen) atoms. The Hall–Kier alpha value is -1.56. The normalized spacial score (nSPS) is 20.1. The summed E-state index contributed by atoms with van der Waals surface area (Å²) in [6.07, 6.45) is -1.57. The summed E-state index contributed by atoms with van der Waals surface area (Å²) in [5.74, 6) is -0.195. The van der Waals surface area contributed by atoms with Crippen LogP contribution in [0.2, 0.25) is 0 Å². The highest BCUT2D eigenvalue weighted by Gasteiger charge is 2.30. The highest BCUT2D eigenvalue weighted by atomic mass is 19.4. The second-order valence-electron chi connectivity index (χ2n) is 4.57. The van der Waals surface area contributed by atoms with Crippen LogP contribution in [0, 0.1) is 0 Å². The van der Waals surface area contributed by atoms with Crippen molar-refractivity contribution in [1.29, 1.82) is 0 Å². The number of alkyl halides is 3. The van der Waals surface area contributed by atoms with Crippen molar-refractivity contribution in [1.82, 2.24) is 5.32 Å². The molecule has 0 unspecified atom stereocenters. The summed E-state index contributed by atoms with van der Waals surface area (Å²) in [6.45, 7) is 0.797. The summed E-state index contributed by atoms with van der Waals surface area (Å²) in [6, 6.07) is 4.21. The maximum atomic E-state index is 12.4. The highest BCUT2D eigenvalue weighted by Crippen LogP contribution is 2.29. The van der Waals surface area contributed by atoms with Gasteiger partial charge in [0.25, 0.3) is 0 Å². The number of carbonyl (C=O) groups is 1. The number of carbonyl (C=O) groups excluding carboxylic acids is 1. The molecule has 0 aliphatic carbocycles. The molecule has 1 heterocycles. The minimum absolute atomic E-state index is 0.195. The molecule has 1 amide bonds. The van der Waals surface area contributed by atoms with Gasteiger partial charge in [-0.25, -0.2) is 0 Å². The lowest BCUT2D eigenvalue weighted by molar-refractivity contribution is -0.137. The lowest BCUT2D eigenvalue weighted by atomic mass is 10.0. The fourth-order valence-electron chi connectivity index (χ4n) is 2.05. The fourth-order valence-corrected chi connectivity index (χ4v) is 2.05. The van der Waals surface area contributed by atoms with Gasteiger partial charge in [0.2, 0.25) is 5.91 Å². The molecular formula is C13H15F3N2O. The van der Waals surface area contributed by atoms with Crippen LogP contribution in [0.4, 0.5) is 18.9 Å². The van der Waals surface area contributed by atoms with Gasteiger partial charge in [0.1, 0.15) is 0 Å². The van der Waals surface area contributed by atoms with Crippen molar-refractivity contribution in [3.8, 4) is 0 Å². The summed E-state index contributed by atoms with van der Waals surface area (Å²) < 4.78 is 37.1. The number of piperidine rings is 1. The molecule has 1 fully saturated rings. The average molecular weight is 272 g/mol. The maximum Gasteiger partial charge on any atom is 0.416 e. The minimum Gasteiger partial charge on any atom is -0.325 e. The number of benzene rings is 1. The standard InChI is InChI=1S/C13H15F3N2O/c14-13(15,16)9-4-6-10(7-5-9)18-12(19)11-3-1-2-8-17-11/h4-7,11,17H,1-3,8H2,(H,18,19)/t11-/m0/s1. The van der Waals surface area contributed by atoms with Crippen molar-refractivity contribution < 1.29 is 18.0 Å². The smallest absolute Gasteiger partial charge is 0.325 e. The van der Waals surface area contributed by atoms with E-state index in [0.29, 0.717) is 5.69 Å². The summed E-state index contributed by atoms with van der Waals surface area (Å²) in [5, 5.41) is 5.70. The first-order chi connectivity index (χ1) is 8.97. The number of rotatable bonds is 2. The van der Waals surface area contributed by atoms with E-state index in [9.17, 15) is 18.0 Å². The molecule has 1 aromatic carbocycles. The predicted molar refractivity (Wildman–Crippen MR) is 65.7 cm³/mol. The van der Waals surface area contributed by atoms with Crippen molar-refractivity contribution in [3.63, 3.8) is 0 Å². The van der Waals surface area contributed by atoms with Crippen LogP contribution >= 0.6 is 0 Å². The molecule has 1 saturated heterocycles. The molecule has 0 spiro atoms. The van der Waals surface area contributed by atoms with Gasteiger partial charge in [-0.3, -0.25) is 4.79 Å². The Balaban J connectivity index is 1.97. The molecule has 3 nitrogen and oxygen atoms in total. The molecule has 2 rings (SSSR count). The van der Waals surface area contributed by atoms with Gasteiger partial charge in [0.05, 0.1) is 11.6 Å². The largest absolute Gasteiger partial charge is 0.416 e. The number of hydrogen-bond acceptors (Lipinski definition) is 2. The van der Waals surface area contributed by atoms with Gasteiger partial charge in [0, 0.05) is 5.69 Å². The van der Waals surface area contributed by atoms with E-state index in [1.54, 1.807) is 0 Å². The van der Waals surface area contributed by atoms with Crippen LogP contribution < -0.4 is 10.6 Å². The van der Waals surface area contributed by atoms with Gasteiger partial charge in [-0.2, -0.15) is 13.2 Å². The Bertz CT molecular complexity index is 436. The van der Waals surface area contributed by atoms with Crippen molar-refractivity contribution in [2.24, 2.45) is 0 Å². The Morgan fingerprint density at radius 2 is 1.89 bits per heavy atom. The molecule has 0 saturated carbocycles. The molecular weight excluding hydrogens is 257 g/mol. The summed E-state index contributed by atoms with van der Waals surface area (Å²) in [4.78, 5) is 11.9. The van der Waals surface area contributed by atoms with Crippen molar-refractivity contribution >= 4 is 11.6 Å². The van der Waals surface area contributed by atoms with Crippen molar-refractivity contribution in [3.05, 3.63) is 29.8 Å². The molecule has 1 aliphatic rings. The van der Waals surface area contributed by atoms with E-state index in [4.69, 9.17) is 0 Å². The van der Waals surface area contributed by atoms with E-state index in [1.807, 2.05) is 0 Å². The molecule has 2 N–H and O–H groups in total. The van der Waals surface area contributed by atoms with Gasteiger partial charge in [0.15, 0.2) is 0 Å². The molecule has 1 aliphatic heterocycles. The third kappa shape index (κ3) is 3.70. The SMILES string of the molecule is O=C(Nc1ccc(C(F)(F)F)cc1)[C@@H]1CCCCN1. The van der Waals surface area contributed by atoms with E-state index in [-0.39, 0.29) is 11.9 Å². The maximum absolute atomic E-state index is 12.4. The first-order valence-corrected chi connectivity index (χ1v) is 6.18. The van der Waals surface area contributed by atoms with Crippen LogP contribution in [0.1, 0.15) is 24.8 Å². The quantitative estimate of drug-likeness (QED) is 0.869. The number of hydrogen-bond donors (Lipinski definition) is 2. The zero-order valence-corrected chi connectivity index (χ0v) is 10.3.